The highest BCUT2D eigenvalue weighted by Crippen LogP contribution is 2.17. The average molecular weight is 350 g/mol. The maximum absolute atomic E-state index is 5.29. The first-order chi connectivity index (χ1) is 9.54. The molecule has 0 heterocycles. The zero-order valence-electron chi connectivity index (χ0n) is 11.4. The molecule has 2 rings (SSSR count). The number of nitrogens with zero attached hydrogens (tertiary/aromatic N) is 1. The molecular formula is C15H16BrN3S. The molecule has 0 saturated carbocycles. The van der Waals surface area contributed by atoms with E-state index in [4.69, 9.17) is 12.2 Å². The van der Waals surface area contributed by atoms with Crippen LogP contribution < -0.4 is 15.5 Å². The number of nitrogens with one attached hydrogen (secondary N) is 2. The van der Waals surface area contributed by atoms with E-state index in [9.17, 15) is 0 Å². The van der Waals surface area contributed by atoms with E-state index in [-0.39, 0.29) is 0 Å². The molecule has 0 amide bonds. The van der Waals surface area contributed by atoms with Gasteiger partial charge in [-0.05, 0) is 60.7 Å². The lowest BCUT2D eigenvalue weighted by atomic mass is 10.2. The van der Waals surface area contributed by atoms with Crippen molar-refractivity contribution >= 4 is 50.3 Å². The van der Waals surface area contributed by atoms with Gasteiger partial charge in [-0.3, -0.25) is 0 Å². The van der Waals surface area contributed by atoms with Crippen LogP contribution in [0.3, 0.4) is 0 Å². The first-order valence-corrected chi connectivity index (χ1v) is 7.36. The molecule has 2 N–H and O–H groups in total. The smallest absolute Gasteiger partial charge is 0.175 e. The monoisotopic (exact) mass is 349 g/mol. The normalized spacial score (nSPS) is 9.95. The molecule has 2 aromatic rings. The Bertz CT molecular complexity index is 579. The van der Waals surface area contributed by atoms with Crippen LogP contribution in [0.25, 0.3) is 0 Å². The van der Waals surface area contributed by atoms with Crippen molar-refractivity contribution in [3.8, 4) is 0 Å². The fourth-order valence-corrected chi connectivity index (χ4v) is 2.17. The van der Waals surface area contributed by atoms with E-state index in [1.807, 2.05) is 62.6 Å². The lowest BCUT2D eigenvalue weighted by Crippen LogP contribution is -2.19. The Kier molecular flexibility index (Phi) is 4.98. The van der Waals surface area contributed by atoms with Crippen LogP contribution in [0.2, 0.25) is 0 Å². The van der Waals surface area contributed by atoms with Gasteiger partial charge in [-0.1, -0.05) is 15.9 Å². The summed E-state index contributed by atoms with van der Waals surface area (Å²) in [6, 6.07) is 16.0. The fraction of sp³-hybridized carbons (Fsp3) is 0.133. The molecule has 0 aromatic heterocycles. The second-order valence-electron chi connectivity index (χ2n) is 4.53. The molecule has 0 unspecified atom stereocenters. The van der Waals surface area contributed by atoms with Gasteiger partial charge in [-0.2, -0.15) is 0 Å². The van der Waals surface area contributed by atoms with Crippen LogP contribution in [0.4, 0.5) is 17.1 Å². The van der Waals surface area contributed by atoms with Crippen molar-refractivity contribution in [3.05, 3.63) is 53.0 Å². The van der Waals surface area contributed by atoms with Crippen LogP contribution in [0.1, 0.15) is 0 Å². The minimum absolute atomic E-state index is 0.574. The quantitative estimate of drug-likeness (QED) is 0.806. The topological polar surface area (TPSA) is 27.3 Å². The third-order valence-electron chi connectivity index (χ3n) is 2.74. The molecule has 0 saturated heterocycles. The summed E-state index contributed by atoms with van der Waals surface area (Å²) in [5.41, 5.74) is 3.07. The first kappa shape index (κ1) is 14.8. The van der Waals surface area contributed by atoms with E-state index in [1.165, 1.54) is 0 Å². The molecule has 0 radical (unpaired) electrons. The third kappa shape index (κ3) is 4.21. The number of halogens is 1. The van der Waals surface area contributed by atoms with Gasteiger partial charge in [0, 0.05) is 35.6 Å². The highest BCUT2D eigenvalue weighted by Gasteiger charge is 2.00. The zero-order chi connectivity index (χ0) is 14.5. The summed E-state index contributed by atoms with van der Waals surface area (Å²) in [7, 11) is 4.03. The van der Waals surface area contributed by atoms with Gasteiger partial charge in [-0.15, -0.1) is 0 Å². The molecule has 0 aliphatic rings. The van der Waals surface area contributed by atoms with Crippen LogP contribution in [0.5, 0.6) is 0 Å². The predicted molar refractivity (Wildman–Crippen MR) is 94.8 cm³/mol. The molecule has 5 heteroatoms. The van der Waals surface area contributed by atoms with Crippen molar-refractivity contribution in [3.63, 3.8) is 0 Å². The molecular weight excluding hydrogens is 334 g/mol. The van der Waals surface area contributed by atoms with E-state index in [2.05, 4.69) is 31.5 Å². The van der Waals surface area contributed by atoms with Crippen molar-refractivity contribution in [2.45, 2.75) is 0 Å². The Labute approximate surface area is 133 Å². The van der Waals surface area contributed by atoms with Crippen molar-refractivity contribution in [2.24, 2.45) is 0 Å². The molecule has 0 aliphatic heterocycles. The Hall–Kier alpha value is -1.59. The van der Waals surface area contributed by atoms with Crippen LogP contribution in [-0.4, -0.2) is 19.2 Å². The van der Waals surface area contributed by atoms with Crippen molar-refractivity contribution in [2.75, 3.05) is 29.6 Å². The van der Waals surface area contributed by atoms with Gasteiger partial charge in [0.2, 0.25) is 0 Å². The van der Waals surface area contributed by atoms with Gasteiger partial charge in [0.05, 0.1) is 0 Å². The second kappa shape index (κ2) is 6.72. The SMILES string of the molecule is CN(C)c1ccc(NC(=S)Nc2ccc(Br)cc2)cc1. The van der Waals surface area contributed by atoms with Crippen molar-refractivity contribution in [1.29, 1.82) is 0 Å². The summed E-state index contributed by atoms with van der Waals surface area (Å²) in [6.45, 7) is 0. The molecule has 0 aliphatic carbocycles. The van der Waals surface area contributed by atoms with E-state index < -0.39 is 0 Å². The maximum Gasteiger partial charge on any atom is 0.175 e. The molecule has 0 spiro atoms. The largest absolute Gasteiger partial charge is 0.378 e. The van der Waals surface area contributed by atoms with Gasteiger partial charge < -0.3 is 15.5 Å². The lowest BCUT2D eigenvalue weighted by molar-refractivity contribution is 1.13. The summed E-state index contributed by atoms with van der Waals surface area (Å²) in [5, 5.41) is 6.88. The molecule has 104 valence electrons. The lowest BCUT2D eigenvalue weighted by Gasteiger charge is -2.14. The van der Waals surface area contributed by atoms with Gasteiger partial charge in [-0.25, -0.2) is 0 Å². The average Bonchev–Trinajstić information content (AvgIpc) is 2.42. The number of thiocarbonyl (C=S) groups is 1. The predicted octanol–water partition coefficient (Wildman–Crippen LogP) is 4.32. The Morgan fingerprint density at radius 1 is 0.900 bits per heavy atom. The van der Waals surface area contributed by atoms with Gasteiger partial charge in [0.15, 0.2) is 5.11 Å². The number of rotatable bonds is 3. The van der Waals surface area contributed by atoms with Gasteiger partial charge in [0.1, 0.15) is 0 Å². The van der Waals surface area contributed by atoms with Crippen LogP contribution in [-0.2, 0) is 0 Å². The van der Waals surface area contributed by atoms with Crippen molar-refractivity contribution in [1.82, 2.24) is 0 Å². The maximum atomic E-state index is 5.29. The van der Waals surface area contributed by atoms with Gasteiger partial charge >= 0.3 is 0 Å². The molecule has 2 aromatic carbocycles. The standard InChI is InChI=1S/C15H16BrN3S/c1-19(2)14-9-7-13(8-10-14)18-15(20)17-12-5-3-11(16)4-6-12/h3-10H,1-2H3,(H2,17,18,20). The molecule has 20 heavy (non-hydrogen) atoms. The summed E-state index contributed by atoms with van der Waals surface area (Å²) in [6.07, 6.45) is 0. The zero-order valence-corrected chi connectivity index (χ0v) is 13.8. The van der Waals surface area contributed by atoms with Crippen LogP contribution in [0.15, 0.2) is 53.0 Å². The second-order valence-corrected chi connectivity index (χ2v) is 5.85. The number of benzene rings is 2. The van der Waals surface area contributed by atoms with E-state index in [0.29, 0.717) is 5.11 Å². The minimum Gasteiger partial charge on any atom is -0.378 e. The first-order valence-electron chi connectivity index (χ1n) is 6.15. The molecule has 0 fully saturated rings. The molecule has 3 nitrogen and oxygen atoms in total. The Morgan fingerprint density at radius 3 is 1.80 bits per heavy atom. The number of hydrogen-bond donors (Lipinski definition) is 2. The number of anilines is 3. The summed E-state index contributed by atoms with van der Waals surface area (Å²) >= 11 is 8.69. The van der Waals surface area contributed by atoms with Gasteiger partial charge in [0.25, 0.3) is 0 Å². The Morgan fingerprint density at radius 2 is 1.35 bits per heavy atom. The molecule has 0 bridgehead atoms. The number of hydrogen-bond acceptors (Lipinski definition) is 2. The minimum atomic E-state index is 0.574. The molecule has 0 atom stereocenters. The van der Waals surface area contributed by atoms with Crippen LogP contribution in [0, 0.1) is 0 Å². The van der Waals surface area contributed by atoms with E-state index >= 15 is 0 Å². The summed E-state index contributed by atoms with van der Waals surface area (Å²) in [4.78, 5) is 2.06. The Balaban J connectivity index is 1.95. The van der Waals surface area contributed by atoms with Crippen LogP contribution >= 0.6 is 28.1 Å². The fourth-order valence-electron chi connectivity index (χ4n) is 1.67. The van der Waals surface area contributed by atoms with E-state index in [0.717, 1.165) is 21.5 Å². The highest BCUT2D eigenvalue weighted by atomic mass is 79.9. The highest BCUT2D eigenvalue weighted by molar-refractivity contribution is 9.10. The van der Waals surface area contributed by atoms with E-state index in [1.54, 1.807) is 0 Å². The third-order valence-corrected chi connectivity index (χ3v) is 3.48. The summed E-state index contributed by atoms with van der Waals surface area (Å²) < 4.78 is 1.04. The summed E-state index contributed by atoms with van der Waals surface area (Å²) in [5.74, 6) is 0. The van der Waals surface area contributed by atoms with Crippen molar-refractivity contribution < 1.29 is 0 Å².